The molecule has 1 heterocycles. The second kappa shape index (κ2) is 4.38. The van der Waals surface area contributed by atoms with E-state index in [9.17, 15) is 10.4 Å². The summed E-state index contributed by atoms with van der Waals surface area (Å²) in [6, 6.07) is 9.81. The number of rotatable bonds is 1. The maximum absolute atomic E-state index is 10.2. The van der Waals surface area contributed by atoms with Crippen LogP contribution in [-0.4, -0.2) is 32.6 Å². The summed E-state index contributed by atoms with van der Waals surface area (Å²) < 4.78 is 0. The topological polar surface area (TPSA) is 46.9 Å². The zero-order valence-electron chi connectivity index (χ0n) is 9.74. The van der Waals surface area contributed by atoms with E-state index in [4.69, 9.17) is 0 Å². The van der Waals surface area contributed by atoms with Gasteiger partial charge in [-0.15, -0.1) is 0 Å². The molecule has 2 fully saturated rings. The lowest BCUT2D eigenvalue weighted by Crippen LogP contribution is -2.37. The SMILES string of the molecule is ON1C(c2ccccc2)N(O)[C@H]2CCCC[C@H]21. The number of benzene rings is 1. The summed E-state index contributed by atoms with van der Waals surface area (Å²) in [6.45, 7) is 0. The second-order valence-corrected chi connectivity index (χ2v) is 4.96. The van der Waals surface area contributed by atoms with Crippen molar-refractivity contribution in [2.24, 2.45) is 0 Å². The largest absolute Gasteiger partial charge is 0.312 e. The van der Waals surface area contributed by atoms with Crippen LogP contribution in [0.2, 0.25) is 0 Å². The van der Waals surface area contributed by atoms with E-state index in [1.807, 2.05) is 30.3 Å². The maximum atomic E-state index is 10.2. The van der Waals surface area contributed by atoms with Gasteiger partial charge in [0.1, 0.15) is 6.17 Å². The summed E-state index contributed by atoms with van der Waals surface area (Å²) in [4.78, 5) is 0. The molecule has 2 aliphatic rings. The lowest BCUT2D eigenvalue weighted by Gasteiger charge is -2.27. The molecule has 0 spiro atoms. The smallest absolute Gasteiger partial charge is 0.136 e. The Morgan fingerprint density at radius 1 is 0.882 bits per heavy atom. The Balaban J connectivity index is 1.90. The van der Waals surface area contributed by atoms with Gasteiger partial charge in [-0.1, -0.05) is 43.2 Å². The lowest BCUT2D eigenvalue weighted by atomic mass is 9.91. The van der Waals surface area contributed by atoms with E-state index in [0.29, 0.717) is 0 Å². The minimum Gasteiger partial charge on any atom is -0.312 e. The predicted molar refractivity (Wildman–Crippen MR) is 62.5 cm³/mol. The molecule has 92 valence electrons. The third-order valence-electron chi connectivity index (χ3n) is 3.97. The van der Waals surface area contributed by atoms with E-state index < -0.39 is 6.17 Å². The maximum Gasteiger partial charge on any atom is 0.136 e. The highest BCUT2D eigenvalue weighted by Gasteiger charge is 2.47. The average molecular weight is 234 g/mol. The van der Waals surface area contributed by atoms with Crippen molar-refractivity contribution in [2.45, 2.75) is 43.9 Å². The molecule has 1 saturated heterocycles. The van der Waals surface area contributed by atoms with E-state index >= 15 is 0 Å². The van der Waals surface area contributed by atoms with E-state index in [-0.39, 0.29) is 12.1 Å². The monoisotopic (exact) mass is 234 g/mol. The van der Waals surface area contributed by atoms with Gasteiger partial charge in [0.15, 0.2) is 0 Å². The average Bonchev–Trinajstić information content (AvgIpc) is 2.64. The Bertz CT molecular complexity index is 366. The highest BCUT2D eigenvalue weighted by atomic mass is 16.6. The molecule has 0 amide bonds. The third-order valence-corrected chi connectivity index (χ3v) is 3.97. The molecule has 1 unspecified atom stereocenters. The molecule has 4 nitrogen and oxygen atoms in total. The summed E-state index contributed by atoms with van der Waals surface area (Å²) in [6.07, 6.45) is 3.77. The van der Waals surface area contributed by atoms with Crippen LogP contribution in [0.25, 0.3) is 0 Å². The molecule has 0 radical (unpaired) electrons. The van der Waals surface area contributed by atoms with Crippen molar-refractivity contribution in [3.63, 3.8) is 0 Å². The molecule has 1 aromatic rings. The molecule has 3 rings (SSSR count). The first-order valence-corrected chi connectivity index (χ1v) is 6.28. The van der Waals surface area contributed by atoms with Crippen molar-refractivity contribution in [2.75, 3.05) is 0 Å². The van der Waals surface area contributed by atoms with Crippen LogP contribution in [0.3, 0.4) is 0 Å². The zero-order chi connectivity index (χ0) is 11.8. The number of hydroxylamine groups is 4. The molecule has 1 aliphatic heterocycles. The minimum atomic E-state index is -0.413. The van der Waals surface area contributed by atoms with Crippen LogP contribution in [-0.2, 0) is 0 Å². The van der Waals surface area contributed by atoms with Gasteiger partial charge in [-0.05, 0) is 18.4 Å². The highest BCUT2D eigenvalue weighted by Crippen LogP contribution is 2.40. The van der Waals surface area contributed by atoms with Crippen LogP contribution < -0.4 is 0 Å². The molecule has 17 heavy (non-hydrogen) atoms. The first-order valence-electron chi connectivity index (χ1n) is 6.28. The minimum absolute atomic E-state index is 0.0685. The fraction of sp³-hybridized carbons (Fsp3) is 0.538. The van der Waals surface area contributed by atoms with Crippen molar-refractivity contribution < 1.29 is 10.4 Å². The Labute approximate surface area is 101 Å². The van der Waals surface area contributed by atoms with Gasteiger partial charge < -0.3 is 10.4 Å². The van der Waals surface area contributed by atoms with Gasteiger partial charge in [-0.25, -0.2) is 0 Å². The molecular formula is C13H18N2O2. The molecule has 0 aromatic heterocycles. The normalized spacial score (nSPS) is 34.8. The van der Waals surface area contributed by atoms with Crippen molar-refractivity contribution in [1.29, 1.82) is 0 Å². The fourth-order valence-corrected chi connectivity index (χ4v) is 3.12. The van der Waals surface area contributed by atoms with Crippen LogP contribution in [0.4, 0.5) is 0 Å². The van der Waals surface area contributed by atoms with Gasteiger partial charge in [0.2, 0.25) is 0 Å². The summed E-state index contributed by atoms with van der Waals surface area (Å²) in [5, 5.41) is 23.1. The Morgan fingerprint density at radius 3 is 1.94 bits per heavy atom. The molecule has 3 atom stereocenters. The standard InChI is InChI=1S/C13H18N2O2/c16-14-11-8-4-5-9-12(11)15(17)13(14)10-6-2-1-3-7-10/h1-3,6-7,11-13,16-17H,4-5,8-9H2/t11-,12+,13?. The quantitative estimate of drug-likeness (QED) is 0.783. The Hall–Kier alpha value is -0.940. The van der Waals surface area contributed by atoms with Crippen molar-refractivity contribution >= 4 is 0 Å². The van der Waals surface area contributed by atoms with Crippen molar-refractivity contribution in [1.82, 2.24) is 10.1 Å². The molecule has 1 aliphatic carbocycles. The first kappa shape index (κ1) is 11.2. The van der Waals surface area contributed by atoms with Crippen LogP contribution in [0.5, 0.6) is 0 Å². The van der Waals surface area contributed by atoms with Crippen LogP contribution in [0.1, 0.15) is 37.4 Å². The summed E-state index contributed by atoms with van der Waals surface area (Å²) >= 11 is 0. The van der Waals surface area contributed by atoms with Gasteiger partial charge >= 0.3 is 0 Å². The lowest BCUT2D eigenvalue weighted by molar-refractivity contribution is -0.211. The van der Waals surface area contributed by atoms with Gasteiger partial charge in [0.05, 0.1) is 12.1 Å². The number of hydrogen-bond donors (Lipinski definition) is 2. The van der Waals surface area contributed by atoms with Gasteiger partial charge in [0.25, 0.3) is 0 Å². The molecule has 1 saturated carbocycles. The van der Waals surface area contributed by atoms with Gasteiger partial charge in [-0.2, -0.15) is 10.1 Å². The summed E-state index contributed by atoms with van der Waals surface area (Å²) in [7, 11) is 0. The second-order valence-electron chi connectivity index (χ2n) is 4.96. The van der Waals surface area contributed by atoms with Crippen molar-refractivity contribution in [3.8, 4) is 0 Å². The molecule has 1 aromatic carbocycles. The number of fused-ring (bicyclic) bond motifs is 1. The first-order chi connectivity index (χ1) is 8.29. The zero-order valence-corrected chi connectivity index (χ0v) is 9.74. The third kappa shape index (κ3) is 1.77. The van der Waals surface area contributed by atoms with Crippen molar-refractivity contribution in [3.05, 3.63) is 35.9 Å². The van der Waals surface area contributed by atoms with Gasteiger partial charge in [-0.3, -0.25) is 0 Å². The van der Waals surface area contributed by atoms with Crippen LogP contribution in [0.15, 0.2) is 30.3 Å². The van der Waals surface area contributed by atoms with E-state index in [0.717, 1.165) is 31.2 Å². The summed E-state index contributed by atoms with van der Waals surface area (Å²) in [5.74, 6) is 0. The van der Waals surface area contributed by atoms with Crippen LogP contribution >= 0.6 is 0 Å². The Morgan fingerprint density at radius 2 is 1.41 bits per heavy atom. The Kier molecular flexibility index (Phi) is 2.88. The van der Waals surface area contributed by atoms with E-state index in [2.05, 4.69) is 0 Å². The molecular weight excluding hydrogens is 216 g/mol. The molecule has 4 heteroatoms. The van der Waals surface area contributed by atoms with E-state index in [1.54, 1.807) is 0 Å². The van der Waals surface area contributed by atoms with Gasteiger partial charge in [0, 0.05) is 0 Å². The number of nitrogens with zero attached hydrogens (tertiary/aromatic N) is 2. The molecule has 0 bridgehead atoms. The predicted octanol–water partition coefficient (Wildman–Crippen LogP) is 2.39. The highest BCUT2D eigenvalue weighted by molar-refractivity contribution is 5.20. The molecule has 2 N–H and O–H groups in total. The van der Waals surface area contributed by atoms with E-state index in [1.165, 1.54) is 10.1 Å². The summed E-state index contributed by atoms with van der Waals surface area (Å²) in [5.41, 5.74) is 0.937. The number of hydrogen-bond acceptors (Lipinski definition) is 4. The fourth-order valence-electron chi connectivity index (χ4n) is 3.12. The van der Waals surface area contributed by atoms with Crippen LogP contribution in [0, 0.1) is 0 Å².